The van der Waals surface area contributed by atoms with Crippen LogP contribution in [0.3, 0.4) is 0 Å². The normalized spacial score (nSPS) is 18.2. The van der Waals surface area contributed by atoms with Crippen LogP contribution in [0.15, 0.2) is 42.5 Å². The molecule has 3 heteroatoms. The summed E-state index contributed by atoms with van der Waals surface area (Å²) in [6, 6.07) is 15.1. The monoisotopic (exact) mass is 365 g/mol. The van der Waals surface area contributed by atoms with Gasteiger partial charge in [0, 0.05) is 0 Å². The van der Waals surface area contributed by atoms with Gasteiger partial charge >= 0.3 is 6.09 Å². The maximum absolute atomic E-state index is 11.4. The van der Waals surface area contributed by atoms with Crippen molar-refractivity contribution in [1.29, 1.82) is 0 Å². The molecule has 0 aliphatic heterocycles. The molecule has 0 spiro atoms. The van der Waals surface area contributed by atoms with Gasteiger partial charge in [0.05, 0.1) is 6.04 Å². The van der Waals surface area contributed by atoms with Crippen molar-refractivity contribution < 1.29 is 9.90 Å². The van der Waals surface area contributed by atoms with Gasteiger partial charge in [-0.2, -0.15) is 0 Å². The molecule has 1 aliphatic rings. The third-order valence-corrected chi connectivity index (χ3v) is 6.35. The molecule has 0 aromatic heterocycles. The number of carboxylic acid groups (broad SMARTS) is 1. The number of amides is 1. The Kier molecular flexibility index (Phi) is 5.07. The van der Waals surface area contributed by atoms with E-state index < -0.39 is 6.09 Å². The zero-order valence-electron chi connectivity index (χ0n) is 17.1. The van der Waals surface area contributed by atoms with Crippen molar-refractivity contribution >= 4 is 6.09 Å². The summed E-state index contributed by atoms with van der Waals surface area (Å²) in [5, 5.41) is 12.1. The molecular weight excluding hydrogens is 334 g/mol. The molecule has 3 nitrogen and oxygen atoms in total. The van der Waals surface area contributed by atoms with Crippen LogP contribution in [0, 0.1) is 5.41 Å². The summed E-state index contributed by atoms with van der Waals surface area (Å²) in [6.07, 6.45) is 1.89. The first-order valence-electron chi connectivity index (χ1n) is 9.93. The summed E-state index contributed by atoms with van der Waals surface area (Å²) in [6.45, 7) is 11.0. The van der Waals surface area contributed by atoms with Crippen molar-refractivity contribution in [1.82, 2.24) is 5.32 Å². The standard InChI is InChI=1S/C24H31NO2/c1-6-24(7-2)15-18-13-17(11-12-20(18)21(24)25-22(26)27)16-9-8-10-19(14-16)23(3,4)5/h8-14,21,25H,6-7,15H2,1-5H3,(H,26,27). The van der Waals surface area contributed by atoms with Crippen LogP contribution in [0.25, 0.3) is 11.1 Å². The fourth-order valence-electron chi connectivity index (χ4n) is 4.46. The molecule has 0 heterocycles. The number of rotatable bonds is 4. The van der Waals surface area contributed by atoms with Gasteiger partial charge in [-0.3, -0.25) is 0 Å². The molecule has 0 fully saturated rings. The highest BCUT2D eigenvalue weighted by Gasteiger charge is 2.44. The Balaban J connectivity index is 2.03. The van der Waals surface area contributed by atoms with Crippen LogP contribution in [-0.4, -0.2) is 11.2 Å². The van der Waals surface area contributed by atoms with Gasteiger partial charge < -0.3 is 10.4 Å². The molecule has 0 saturated heterocycles. The van der Waals surface area contributed by atoms with Crippen LogP contribution in [0.5, 0.6) is 0 Å². The van der Waals surface area contributed by atoms with E-state index >= 15 is 0 Å². The number of hydrogen-bond donors (Lipinski definition) is 2. The average molecular weight is 366 g/mol. The molecule has 1 atom stereocenters. The zero-order chi connectivity index (χ0) is 19.8. The molecule has 1 amide bonds. The van der Waals surface area contributed by atoms with E-state index in [2.05, 4.69) is 82.4 Å². The Morgan fingerprint density at radius 2 is 1.78 bits per heavy atom. The fraction of sp³-hybridized carbons (Fsp3) is 0.458. The summed E-state index contributed by atoms with van der Waals surface area (Å²) in [5.74, 6) is 0. The van der Waals surface area contributed by atoms with Gasteiger partial charge in [-0.05, 0) is 57.9 Å². The van der Waals surface area contributed by atoms with E-state index in [1.165, 1.54) is 22.3 Å². The second-order valence-corrected chi connectivity index (χ2v) is 8.87. The summed E-state index contributed by atoms with van der Waals surface area (Å²) >= 11 is 0. The van der Waals surface area contributed by atoms with Crippen LogP contribution in [-0.2, 0) is 11.8 Å². The number of hydrogen-bond acceptors (Lipinski definition) is 1. The van der Waals surface area contributed by atoms with Crippen LogP contribution in [0.4, 0.5) is 4.79 Å². The molecule has 2 aromatic carbocycles. The van der Waals surface area contributed by atoms with Gasteiger partial charge in [0.2, 0.25) is 0 Å². The lowest BCUT2D eigenvalue weighted by molar-refractivity contribution is 0.157. The van der Waals surface area contributed by atoms with E-state index in [1.54, 1.807) is 0 Å². The smallest absolute Gasteiger partial charge is 0.405 e. The second kappa shape index (κ2) is 7.03. The van der Waals surface area contributed by atoms with E-state index in [0.29, 0.717) is 0 Å². The van der Waals surface area contributed by atoms with E-state index in [-0.39, 0.29) is 16.9 Å². The van der Waals surface area contributed by atoms with Gasteiger partial charge in [-0.1, -0.05) is 77.1 Å². The quantitative estimate of drug-likeness (QED) is 0.666. The lowest BCUT2D eigenvalue weighted by atomic mass is 9.76. The molecule has 27 heavy (non-hydrogen) atoms. The number of carbonyl (C=O) groups is 1. The molecule has 0 bridgehead atoms. The molecule has 144 valence electrons. The summed E-state index contributed by atoms with van der Waals surface area (Å²) < 4.78 is 0. The van der Waals surface area contributed by atoms with Crippen molar-refractivity contribution in [2.75, 3.05) is 0 Å². The number of nitrogens with one attached hydrogen (secondary N) is 1. The first-order chi connectivity index (χ1) is 12.7. The van der Waals surface area contributed by atoms with Gasteiger partial charge in [-0.15, -0.1) is 0 Å². The Morgan fingerprint density at radius 1 is 1.11 bits per heavy atom. The minimum absolute atomic E-state index is 0.0351. The van der Waals surface area contributed by atoms with E-state index in [9.17, 15) is 9.90 Å². The third-order valence-electron chi connectivity index (χ3n) is 6.35. The summed E-state index contributed by atoms with van der Waals surface area (Å²) in [5.41, 5.74) is 6.24. The topological polar surface area (TPSA) is 49.3 Å². The van der Waals surface area contributed by atoms with E-state index in [0.717, 1.165) is 24.8 Å². The van der Waals surface area contributed by atoms with Gasteiger partial charge in [0.25, 0.3) is 0 Å². The highest BCUT2D eigenvalue weighted by atomic mass is 16.4. The average Bonchev–Trinajstić information content (AvgIpc) is 2.94. The van der Waals surface area contributed by atoms with Crippen molar-refractivity contribution in [3.05, 3.63) is 59.2 Å². The van der Waals surface area contributed by atoms with Crippen molar-refractivity contribution in [3.63, 3.8) is 0 Å². The Labute approximate surface area is 162 Å². The molecule has 0 radical (unpaired) electrons. The molecular formula is C24H31NO2. The predicted octanol–water partition coefficient (Wildman–Crippen LogP) is 6.32. The first kappa shape index (κ1) is 19.5. The summed E-state index contributed by atoms with van der Waals surface area (Å²) in [7, 11) is 0. The SMILES string of the molecule is CCC1(CC)Cc2cc(-c3cccc(C(C)(C)C)c3)ccc2C1NC(=O)O. The summed E-state index contributed by atoms with van der Waals surface area (Å²) in [4.78, 5) is 11.4. The lowest BCUT2D eigenvalue weighted by Crippen LogP contribution is -2.37. The molecule has 2 aromatic rings. The van der Waals surface area contributed by atoms with Crippen LogP contribution < -0.4 is 5.32 Å². The molecule has 3 rings (SSSR count). The van der Waals surface area contributed by atoms with E-state index in [1.807, 2.05) is 0 Å². The minimum atomic E-state index is -0.943. The second-order valence-electron chi connectivity index (χ2n) is 8.87. The first-order valence-corrected chi connectivity index (χ1v) is 9.93. The Morgan fingerprint density at radius 3 is 2.37 bits per heavy atom. The van der Waals surface area contributed by atoms with Gasteiger partial charge in [-0.25, -0.2) is 4.79 Å². The zero-order valence-corrected chi connectivity index (χ0v) is 17.1. The Hall–Kier alpha value is -2.29. The largest absolute Gasteiger partial charge is 0.465 e. The highest BCUT2D eigenvalue weighted by molar-refractivity contribution is 5.69. The Bertz CT molecular complexity index is 844. The maximum Gasteiger partial charge on any atom is 0.405 e. The van der Waals surface area contributed by atoms with Crippen molar-refractivity contribution in [2.24, 2.45) is 5.41 Å². The maximum atomic E-state index is 11.4. The van der Waals surface area contributed by atoms with Crippen molar-refractivity contribution in [2.45, 2.75) is 65.3 Å². The minimum Gasteiger partial charge on any atom is -0.465 e. The number of fused-ring (bicyclic) bond motifs is 1. The van der Waals surface area contributed by atoms with E-state index in [4.69, 9.17) is 0 Å². The molecule has 1 unspecified atom stereocenters. The lowest BCUT2D eigenvalue weighted by Gasteiger charge is -2.33. The van der Waals surface area contributed by atoms with Crippen LogP contribution in [0.1, 0.15) is 70.2 Å². The number of benzene rings is 2. The highest BCUT2D eigenvalue weighted by Crippen LogP contribution is 2.50. The fourth-order valence-corrected chi connectivity index (χ4v) is 4.46. The molecule has 0 saturated carbocycles. The molecule has 1 aliphatic carbocycles. The van der Waals surface area contributed by atoms with Gasteiger partial charge in [0.1, 0.15) is 0 Å². The molecule has 2 N–H and O–H groups in total. The third kappa shape index (κ3) is 3.60. The van der Waals surface area contributed by atoms with Crippen LogP contribution in [0.2, 0.25) is 0 Å². The van der Waals surface area contributed by atoms with Crippen LogP contribution >= 0.6 is 0 Å². The van der Waals surface area contributed by atoms with Gasteiger partial charge in [0.15, 0.2) is 0 Å². The van der Waals surface area contributed by atoms with Crippen molar-refractivity contribution in [3.8, 4) is 11.1 Å². The predicted molar refractivity (Wildman–Crippen MR) is 111 cm³/mol.